The summed E-state index contributed by atoms with van der Waals surface area (Å²) in [5.41, 5.74) is 0.952. The maximum Gasteiger partial charge on any atom is 0.222 e. The zero-order valence-corrected chi connectivity index (χ0v) is 8.03. The molecule has 0 bridgehead atoms. The third kappa shape index (κ3) is 2.86. The lowest BCUT2D eigenvalue weighted by molar-refractivity contribution is -0.674. The summed E-state index contributed by atoms with van der Waals surface area (Å²) >= 11 is 0. The number of hydrogen-bond acceptors (Lipinski definition) is 2. The number of pyridine rings is 1. The third-order valence-corrected chi connectivity index (χ3v) is 1.72. The fourth-order valence-corrected chi connectivity index (χ4v) is 1.01. The van der Waals surface area contributed by atoms with Crippen molar-refractivity contribution in [3.8, 4) is 5.75 Å². The number of aromatic nitrogens is 1. The topological polar surface area (TPSA) is 39.3 Å². The lowest BCUT2D eigenvalue weighted by Gasteiger charge is -2.01. The first kappa shape index (κ1) is 9.71. The zero-order valence-electron chi connectivity index (χ0n) is 8.03. The Morgan fingerprint density at radius 3 is 2.92 bits per heavy atom. The quantitative estimate of drug-likeness (QED) is 0.488. The minimum absolute atomic E-state index is 0.0233. The van der Waals surface area contributed by atoms with Gasteiger partial charge in [0.1, 0.15) is 7.05 Å². The highest BCUT2D eigenvalue weighted by Crippen LogP contribution is 1.98. The van der Waals surface area contributed by atoms with E-state index < -0.39 is 0 Å². The predicted molar refractivity (Wildman–Crippen MR) is 49.8 cm³/mol. The Labute approximate surface area is 78.4 Å². The summed E-state index contributed by atoms with van der Waals surface area (Å²) < 4.78 is 1.78. The van der Waals surface area contributed by atoms with E-state index in [1.807, 2.05) is 7.05 Å². The summed E-state index contributed by atoms with van der Waals surface area (Å²) in [5, 5.41) is 10.9. The summed E-state index contributed by atoms with van der Waals surface area (Å²) in [6, 6.07) is 3.33. The van der Waals surface area contributed by atoms with Gasteiger partial charge < -0.3 is 5.11 Å². The van der Waals surface area contributed by atoms with Gasteiger partial charge >= 0.3 is 0 Å². The molecule has 0 aromatic carbocycles. The van der Waals surface area contributed by atoms with Crippen LogP contribution < -0.4 is 9.67 Å². The number of aliphatic imine (C=N–C) groups is 1. The molecule has 0 N–H and O–H groups in total. The molecule has 0 spiro atoms. The number of rotatable bonds is 3. The summed E-state index contributed by atoms with van der Waals surface area (Å²) in [6.07, 6.45) is 4.39. The van der Waals surface area contributed by atoms with E-state index in [1.54, 1.807) is 29.1 Å². The Morgan fingerprint density at radius 2 is 2.31 bits per heavy atom. The number of hydrogen-bond donors (Lipinski definition) is 0. The number of aryl methyl sites for hydroxylation is 1. The van der Waals surface area contributed by atoms with E-state index in [2.05, 4.69) is 11.9 Å². The molecule has 1 aromatic heterocycles. The summed E-state index contributed by atoms with van der Waals surface area (Å²) in [5.74, 6) is 0.0233. The summed E-state index contributed by atoms with van der Waals surface area (Å²) in [4.78, 5) is 4.20. The second kappa shape index (κ2) is 4.60. The van der Waals surface area contributed by atoms with Crippen LogP contribution in [0.2, 0.25) is 0 Å². The normalized spacial score (nSPS) is 10.9. The maximum atomic E-state index is 10.9. The summed E-state index contributed by atoms with van der Waals surface area (Å²) in [6.45, 7) is 2.91. The van der Waals surface area contributed by atoms with E-state index in [9.17, 15) is 5.11 Å². The molecule has 3 nitrogen and oxygen atoms in total. The van der Waals surface area contributed by atoms with Crippen LogP contribution in [-0.4, -0.2) is 12.8 Å². The first-order chi connectivity index (χ1) is 6.24. The minimum Gasteiger partial charge on any atom is -0.868 e. The van der Waals surface area contributed by atoms with Crippen LogP contribution >= 0.6 is 0 Å². The van der Waals surface area contributed by atoms with E-state index in [4.69, 9.17) is 0 Å². The van der Waals surface area contributed by atoms with Crippen molar-refractivity contribution in [3.63, 3.8) is 0 Å². The van der Waals surface area contributed by atoms with Crippen LogP contribution in [0.3, 0.4) is 0 Å². The third-order valence-electron chi connectivity index (χ3n) is 1.72. The molecule has 70 valence electrons. The van der Waals surface area contributed by atoms with Gasteiger partial charge in [-0.05, 0) is 12.2 Å². The standard InChI is InChI=1S/C10H14N2O/c1-3-6-11-7-9-4-5-10(13)8-12(9)2/h4-5,7-8H,3,6H2,1-2H3. The lowest BCUT2D eigenvalue weighted by Crippen LogP contribution is -2.33. The second-order valence-electron chi connectivity index (χ2n) is 2.94. The number of nitrogens with zero attached hydrogens (tertiary/aromatic N) is 2. The van der Waals surface area contributed by atoms with Gasteiger partial charge in [0, 0.05) is 12.6 Å². The smallest absolute Gasteiger partial charge is 0.222 e. The molecule has 1 rings (SSSR count). The SMILES string of the molecule is CCCN=Cc1ccc([O-])c[n+]1C. The largest absolute Gasteiger partial charge is 0.868 e. The first-order valence-corrected chi connectivity index (χ1v) is 4.40. The van der Waals surface area contributed by atoms with Gasteiger partial charge in [-0.15, -0.1) is 0 Å². The van der Waals surface area contributed by atoms with Gasteiger partial charge in [-0.25, -0.2) is 4.57 Å². The van der Waals surface area contributed by atoms with Crippen molar-refractivity contribution in [1.82, 2.24) is 0 Å². The van der Waals surface area contributed by atoms with Crippen LogP contribution in [0.15, 0.2) is 23.3 Å². The molecule has 0 amide bonds. The van der Waals surface area contributed by atoms with Gasteiger partial charge in [-0.1, -0.05) is 13.0 Å². The van der Waals surface area contributed by atoms with Crippen molar-refractivity contribution in [2.24, 2.45) is 12.0 Å². The molecule has 0 radical (unpaired) electrons. The van der Waals surface area contributed by atoms with Gasteiger partial charge in [0.2, 0.25) is 5.69 Å². The minimum atomic E-state index is 0.0233. The van der Waals surface area contributed by atoms with E-state index in [-0.39, 0.29) is 5.75 Å². The van der Waals surface area contributed by atoms with Crippen molar-refractivity contribution in [3.05, 3.63) is 24.0 Å². The van der Waals surface area contributed by atoms with Crippen LogP contribution in [0, 0.1) is 0 Å². The Morgan fingerprint density at radius 1 is 1.54 bits per heavy atom. The zero-order chi connectivity index (χ0) is 9.68. The fraction of sp³-hybridized carbons (Fsp3) is 0.400. The molecule has 0 unspecified atom stereocenters. The molecule has 0 aliphatic heterocycles. The van der Waals surface area contributed by atoms with Crippen molar-refractivity contribution >= 4 is 6.21 Å². The Hall–Kier alpha value is -1.38. The lowest BCUT2D eigenvalue weighted by atomic mass is 10.3. The van der Waals surface area contributed by atoms with Crippen molar-refractivity contribution in [1.29, 1.82) is 0 Å². The molecule has 0 saturated heterocycles. The van der Waals surface area contributed by atoms with Crippen LogP contribution in [0.4, 0.5) is 0 Å². The van der Waals surface area contributed by atoms with Gasteiger partial charge in [0.15, 0.2) is 6.20 Å². The Balaban J connectivity index is 2.77. The Bertz CT molecular complexity index is 308. The van der Waals surface area contributed by atoms with Gasteiger partial charge in [-0.3, -0.25) is 4.99 Å². The van der Waals surface area contributed by atoms with Gasteiger partial charge in [0.25, 0.3) is 0 Å². The van der Waals surface area contributed by atoms with E-state index >= 15 is 0 Å². The van der Waals surface area contributed by atoms with Crippen LogP contribution in [0.1, 0.15) is 19.0 Å². The van der Waals surface area contributed by atoms with E-state index in [0.29, 0.717) is 0 Å². The average molecular weight is 178 g/mol. The molecular formula is C10H14N2O. The molecule has 1 heterocycles. The van der Waals surface area contributed by atoms with Crippen LogP contribution in [0.5, 0.6) is 5.75 Å². The van der Waals surface area contributed by atoms with E-state index in [1.165, 1.54) is 0 Å². The molecule has 1 aromatic rings. The highest BCUT2D eigenvalue weighted by Gasteiger charge is 1.99. The second-order valence-corrected chi connectivity index (χ2v) is 2.94. The average Bonchev–Trinajstić information content (AvgIpc) is 2.09. The molecule has 0 aliphatic rings. The fourth-order valence-electron chi connectivity index (χ4n) is 1.01. The van der Waals surface area contributed by atoms with E-state index in [0.717, 1.165) is 18.7 Å². The highest BCUT2D eigenvalue weighted by molar-refractivity contribution is 5.74. The molecule has 3 heteroatoms. The van der Waals surface area contributed by atoms with Crippen molar-refractivity contribution < 1.29 is 9.67 Å². The van der Waals surface area contributed by atoms with Gasteiger partial charge in [-0.2, -0.15) is 0 Å². The molecule has 0 fully saturated rings. The maximum absolute atomic E-state index is 10.9. The Kier molecular flexibility index (Phi) is 3.43. The highest BCUT2D eigenvalue weighted by atomic mass is 16.3. The van der Waals surface area contributed by atoms with Crippen LogP contribution in [-0.2, 0) is 7.05 Å². The molecule has 0 atom stereocenters. The van der Waals surface area contributed by atoms with Gasteiger partial charge in [0.05, 0.1) is 6.21 Å². The molecule has 0 aliphatic carbocycles. The first-order valence-electron chi connectivity index (χ1n) is 4.40. The molecular weight excluding hydrogens is 164 g/mol. The van der Waals surface area contributed by atoms with Crippen LogP contribution in [0.25, 0.3) is 0 Å². The van der Waals surface area contributed by atoms with Crippen molar-refractivity contribution in [2.45, 2.75) is 13.3 Å². The molecule has 13 heavy (non-hydrogen) atoms. The molecule has 0 saturated carbocycles. The monoisotopic (exact) mass is 178 g/mol. The van der Waals surface area contributed by atoms with Crippen molar-refractivity contribution in [2.75, 3.05) is 6.54 Å². The summed E-state index contributed by atoms with van der Waals surface area (Å²) in [7, 11) is 1.84. The predicted octanol–water partition coefficient (Wildman–Crippen LogP) is 0.414.